The van der Waals surface area contributed by atoms with Crippen LogP contribution >= 0.6 is 10.7 Å². The SMILES string of the molecule is CS(=O)(=O)Cl.CS(=O)(=O)OC1CN(c2ccc3nnc(C(F)(F)F)n3n2)C1. The summed E-state index contributed by atoms with van der Waals surface area (Å²) in [4.78, 5) is 1.59. The molecule has 0 amide bonds. The Kier molecular flexibility index (Phi) is 5.89. The highest BCUT2D eigenvalue weighted by molar-refractivity contribution is 8.13. The van der Waals surface area contributed by atoms with E-state index in [-0.39, 0.29) is 24.6 Å². The molecule has 0 N–H and O–H groups in total. The topological polar surface area (TPSA) is 124 Å². The van der Waals surface area contributed by atoms with Crippen molar-refractivity contribution in [1.82, 2.24) is 19.8 Å². The minimum absolute atomic E-state index is 0.0273. The molecule has 27 heavy (non-hydrogen) atoms. The van der Waals surface area contributed by atoms with Crippen molar-refractivity contribution in [2.75, 3.05) is 30.5 Å². The number of rotatable bonds is 3. The minimum Gasteiger partial charge on any atom is -0.350 e. The maximum absolute atomic E-state index is 12.8. The zero-order valence-electron chi connectivity index (χ0n) is 13.8. The summed E-state index contributed by atoms with van der Waals surface area (Å²) >= 11 is 0. The van der Waals surface area contributed by atoms with Gasteiger partial charge in [-0.25, -0.2) is 8.42 Å². The predicted molar refractivity (Wildman–Crippen MR) is 88.4 cm³/mol. The summed E-state index contributed by atoms with van der Waals surface area (Å²) in [5.74, 6) is -0.958. The van der Waals surface area contributed by atoms with Gasteiger partial charge in [-0.2, -0.15) is 26.1 Å². The van der Waals surface area contributed by atoms with Gasteiger partial charge in [-0.15, -0.1) is 15.3 Å². The zero-order chi connectivity index (χ0) is 20.6. The summed E-state index contributed by atoms with van der Waals surface area (Å²) in [6, 6.07) is 2.84. The van der Waals surface area contributed by atoms with Crippen LogP contribution in [0.25, 0.3) is 5.65 Å². The third-order valence-corrected chi connectivity index (χ3v) is 3.61. The molecule has 16 heteroatoms. The molecular weight excluding hydrogens is 439 g/mol. The number of hydrogen-bond acceptors (Lipinski definition) is 9. The second-order valence-electron chi connectivity index (χ2n) is 5.49. The highest BCUT2D eigenvalue weighted by atomic mass is 35.7. The molecule has 152 valence electrons. The van der Waals surface area contributed by atoms with Gasteiger partial charge in [0.15, 0.2) is 5.65 Å². The Labute approximate surface area is 156 Å². The fourth-order valence-corrected chi connectivity index (χ4v) is 2.67. The van der Waals surface area contributed by atoms with Crippen LogP contribution < -0.4 is 4.90 Å². The summed E-state index contributed by atoms with van der Waals surface area (Å²) in [7, 11) is -2.25. The van der Waals surface area contributed by atoms with Gasteiger partial charge in [0.2, 0.25) is 9.05 Å². The Morgan fingerprint density at radius 2 is 1.70 bits per heavy atom. The predicted octanol–water partition coefficient (Wildman–Crippen LogP) is 0.493. The number of anilines is 1. The van der Waals surface area contributed by atoms with E-state index >= 15 is 0 Å². The molecule has 0 unspecified atom stereocenters. The van der Waals surface area contributed by atoms with Gasteiger partial charge in [-0.3, -0.25) is 4.18 Å². The number of fused-ring (bicyclic) bond motifs is 1. The van der Waals surface area contributed by atoms with Crippen molar-refractivity contribution in [2.24, 2.45) is 0 Å². The molecule has 2 aromatic rings. The first kappa shape index (κ1) is 21.6. The van der Waals surface area contributed by atoms with E-state index in [4.69, 9.17) is 4.18 Å². The molecule has 0 aliphatic carbocycles. The van der Waals surface area contributed by atoms with Gasteiger partial charge >= 0.3 is 6.18 Å². The Hall–Kier alpha value is -1.71. The largest absolute Gasteiger partial charge is 0.453 e. The van der Waals surface area contributed by atoms with E-state index in [2.05, 4.69) is 26.0 Å². The normalized spacial score (nSPS) is 16.0. The summed E-state index contributed by atoms with van der Waals surface area (Å²) in [6.45, 7) is 0.435. The average Bonchev–Trinajstić information content (AvgIpc) is 2.82. The highest BCUT2D eigenvalue weighted by Crippen LogP contribution is 2.28. The summed E-state index contributed by atoms with van der Waals surface area (Å²) in [5.41, 5.74) is -0.0273. The van der Waals surface area contributed by atoms with Gasteiger partial charge in [0.25, 0.3) is 15.9 Å². The van der Waals surface area contributed by atoms with Crippen molar-refractivity contribution in [3.8, 4) is 0 Å². The van der Waals surface area contributed by atoms with Crippen molar-refractivity contribution in [2.45, 2.75) is 12.3 Å². The average molecular weight is 452 g/mol. The molecule has 1 fully saturated rings. The first-order valence-corrected chi connectivity index (χ1v) is 11.5. The molecule has 1 saturated heterocycles. The molecule has 3 rings (SSSR count). The summed E-state index contributed by atoms with van der Waals surface area (Å²) in [6.07, 6.45) is -3.33. The summed E-state index contributed by atoms with van der Waals surface area (Å²) in [5, 5.41) is 10.3. The molecule has 1 aliphatic rings. The maximum Gasteiger partial charge on any atom is 0.453 e. The van der Waals surface area contributed by atoms with Crippen LogP contribution in [0.2, 0.25) is 0 Å². The van der Waals surface area contributed by atoms with E-state index in [1.807, 2.05) is 0 Å². The Morgan fingerprint density at radius 1 is 1.15 bits per heavy atom. The van der Waals surface area contributed by atoms with E-state index in [9.17, 15) is 30.0 Å². The monoisotopic (exact) mass is 451 g/mol. The van der Waals surface area contributed by atoms with Gasteiger partial charge in [0, 0.05) is 23.8 Å². The molecule has 0 saturated carbocycles. The molecule has 0 atom stereocenters. The van der Waals surface area contributed by atoms with E-state index < -0.39 is 37.3 Å². The zero-order valence-corrected chi connectivity index (χ0v) is 16.1. The number of nitrogens with zero attached hydrogens (tertiary/aromatic N) is 5. The van der Waals surface area contributed by atoms with Gasteiger partial charge in [0.1, 0.15) is 11.9 Å². The van der Waals surface area contributed by atoms with Crippen LogP contribution in [0.1, 0.15) is 5.82 Å². The molecular formula is C11H13ClF3N5O5S2. The lowest BCUT2D eigenvalue weighted by molar-refractivity contribution is -0.146. The number of halogens is 4. The van der Waals surface area contributed by atoms with E-state index in [0.29, 0.717) is 4.52 Å². The fraction of sp³-hybridized carbons (Fsp3) is 0.545. The van der Waals surface area contributed by atoms with E-state index in [0.717, 1.165) is 12.5 Å². The lowest BCUT2D eigenvalue weighted by atomic mass is 10.2. The van der Waals surface area contributed by atoms with Crippen LogP contribution in [0.3, 0.4) is 0 Å². The standard InChI is InChI=1S/C10H10F3N5O3S.CH3ClO2S/c1-22(19,20)21-6-4-17(5-6)8-3-2-7-14-15-9(10(11,12)13)18(7)16-8;1-5(2,3)4/h2-3,6H,4-5H2,1H3;1H3. The lowest BCUT2D eigenvalue weighted by Gasteiger charge is -2.38. The van der Waals surface area contributed by atoms with E-state index in [1.165, 1.54) is 12.1 Å². The molecule has 0 aromatic carbocycles. The van der Waals surface area contributed by atoms with Crippen LogP contribution in [0.4, 0.5) is 19.0 Å². The van der Waals surface area contributed by atoms with Crippen molar-refractivity contribution >= 4 is 41.3 Å². The molecule has 10 nitrogen and oxygen atoms in total. The molecule has 1 aliphatic heterocycles. The van der Waals surface area contributed by atoms with Crippen molar-refractivity contribution < 1.29 is 34.2 Å². The molecule has 0 spiro atoms. The van der Waals surface area contributed by atoms with Crippen LogP contribution in [-0.4, -0.2) is 68.4 Å². The van der Waals surface area contributed by atoms with Crippen LogP contribution in [0.15, 0.2) is 12.1 Å². The van der Waals surface area contributed by atoms with Crippen LogP contribution in [-0.2, 0) is 29.5 Å². The highest BCUT2D eigenvalue weighted by Gasteiger charge is 2.38. The Bertz CT molecular complexity index is 1030. The maximum atomic E-state index is 12.8. The first-order valence-electron chi connectivity index (χ1n) is 6.96. The second kappa shape index (κ2) is 7.37. The first-order chi connectivity index (χ1) is 12.1. The number of aromatic nitrogens is 4. The van der Waals surface area contributed by atoms with Crippen molar-refractivity contribution in [1.29, 1.82) is 0 Å². The lowest BCUT2D eigenvalue weighted by Crippen LogP contribution is -2.53. The smallest absolute Gasteiger partial charge is 0.350 e. The molecule has 0 radical (unpaired) electrons. The number of hydrogen-bond donors (Lipinski definition) is 0. The molecule has 0 bridgehead atoms. The number of alkyl halides is 3. The molecule has 3 heterocycles. The quantitative estimate of drug-likeness (QED) is 0.484. The van der Waals surface area contributed by atoms with Gasteiger partial charge < -0.3 is 4.90 Å². The Balaban J connectivity index is 0.000000465. The molecule has 2 aromatic heterocycles. The van der Waals surface area contributed by atoms with E-state index in [1.54, 1.807) is 4.90 Å². The third kappa shape index (κ3) is 6.44. The summed E-state index contributed by atoms with van der Waals surface area (Å²) < 4.78 is 84.4. The minimum atomic E-state index is -4.66. The third-order valence-electron chi connectivity index (χ3n) is 2.99. The van der Waals surface area contributed by atoms with Gasteiger partial charge in [-0.1, -0.05) is 0 Å². The Morgan fingerprint density at radius 3 is 2.19 bits per heavy atom. The van der Waals surface area contributed by atoms with Crippen LogP contribution in [0.5, 0.6) is 0 Å². The van der Waals surface area contributed by atoms with Crippen molar-refractivity contribution in [3.05, 3.63) is 18.0 Å². The van der Waals surface area contributed by atoms with Crippen molar-refractivity contribution in [3.63, 3.8) is 0 Å². The van der Waals surface area contributed by atoms with Gasteiger partial charge in [-0.05, 0) is 12.1 Å². The second-order valence-corrected chi connectivity index (χ2v) is 10.1. The fourth-order valence-electron chi connectivity index (χ4n) is 2.06. The van der Waals surface area contributed by atoms with Gasteiger partial charge in [0.05, 0.1) is 12.5 Å². The van der Waals surface area contributed by atoms with Crippen LogP contribution in [0, 0.1) is 0 Å².